The molecule has 0 saturated heterocycles. The van der Waals surface area contributed by atoms with Crippen molar-refractivity contribution in [2.24, 2.45) is 5.73 Å². The maximum Gasteiger partial charge on any atom is 0.405 e. The topological polar surface area (TPSA) is 29.3 Å². The number of hydrogen-bond acceptors (Lipinski definition) is 2. The maximum atomic E-state index is 12.2. The Morgan fingerprint density at radius 3 is 2.47 bits per heavy atom. The second-order valence-corrected chi connectivity index (χ2v) is 4.79. The number of anilines is 1. The van der Waals surface area contributed by atoms with Gasteiger partial charge in [-0.3, -0.25) is 0 Å². The molecular formula is C10H10BrF3N2S. The Labute approximate surface area is 111 Å². The molecule has 0 aliphatic heterocycles. The maximum absolute atomic E-state index is 12.2. The SMILES string of the molecule is CN(CC(F)(F)F)c1ccc(C(N)=S)c(Br)c1. The van der Waals surface area contributed by atoms with Gasteiger partial charge in [0, 0.05) is 22.8 Å². The van der Waals surface area contributed by atoms with Gasteiger partial charge >= 0.3 is 6.18 Å². The van der Waals surface area contributed by atoms with Crippen molar-refractivity contribution in [3.8, 4) is 0 Å². The van der Waals surface area contributed by atoms with Crippen LogP contribution in [0.4, 0.5) is 18.9 Å². The number of nitrogens with zero attached hydrogens (tertiary/aromatic N) is 1. The lowest BCUT2D eigenvalue weighted by atomic mass is 10.2. The van der Waals surface area contributed by atoms with E-state index in [0.29, 0.717) is 15.7 Å². The van der Waals surface area contributed by atoms with Crippen LogP contribution in [0.25, 0.3) is 0 Å². The van der Waals surface area contributed by atoms with Gasteiger partial charge in [0.25, 0.3) is 0 Å². The highest BCUT2D eigenvalue weighted by Crippen LogP contribution is 2.26. The highest BCUT2D eigenvalue weighted by molar-refractivity contribution is 9.10. The summed E-state index contributed by atoms with van der Waals surface area (Å²) in [6.45, 7) is -1.01. The summed E-state index contributed by atoms with van der Waals surface area (Å²) in [6.07, 6.45) is -4.23. The van der Waals surface area contributed by atoms with Crippen molar-refractivity contribution in [1.82, 2.24) is 0 Å². The molecule has 0 unspecified atom stereocenters. The smallest absolute Gasteiger partial charge is 0.389 e. The largest absolute Gasteiger partial charge is 0.405 e. The number of hydrogen-bond donors (Lipinski definition) is 1. The number of alkyl halides is 3. The highest BCUT2D eigenvalue weighted by atomic mass is 79.9. The molecule has 0 atom stereocenters. The van der Waals surface area contributed by atoms with E-state index >= 15 is 0 Å². The minimum absolute atomic E-state index is 0.196. The van der Waals surface area contributed by atoms with Gasteiger partial charge in [-0.1, -0.05) is 12.2 Å². The third-order valence-electron chi connectivity index (χ3n) is 2.08. The molecular weight excluding hydrogens is 317 g/mol. The minimum atomic E-state index is -4.23. The second kappa shape index (κ2) is 5.22. The predicted octanol–water partition coefficient (Wildman–Crippen LogP) is 3.08. The van der Waals surface area contributed by atoms with Crippen LogP contribution in [0, 0.1) is 0 Å². The van der Waals surface area contributed by atoms with Crippen LogP contribution in [-0.4, -0.2) is 24.8 Å². The van der Waals surface area contributed by atoms with Gasteiger partial charge in [0.1, 0.15) is 11.5 Å². The van der Waals surface area contributed by atoms with E-state index in [9.17, 15) is 13.2 Å². The average molecular weight is 327 g/mol. The summed E-state index contributed by atoms with van der Waals surface area (Å²) < 4.78 is 37.2. The standard InChI is InChI=1S/C10H10BrF3N2S/c1-16(5-10(12,13)14)6-2-3-7(9(15)17)8(11)4-6/h2-4H,5H2,1H3,(H2,15,17). The van der Waals surface area contributed by atoms with Crippen molar-refractivity contribution in [2.75, 3.05) is 18.5 Å². The molecule has 2 N–H and O–H groups in total. The fourth-order valence-corrected chi connectivity index (χ4v) is 2.19. The molecule has 0 heterocycles. The van der Waals surface area contributed by atoms with Crippen LogP contribution in [0.1, 0.15) is 5.56 Å². The van der Waals surface area contributed by atoms with Crippen LogP contribution in [0.15, 0.2) is 22.7 Å². The Morgan fingerprint density at radius 2 is 2.06 bits per heavy atom. The number of thiocarbonyl (C=S) groups is 1. The first kappa shape index (κ1) is 14.2. The monoisotopic (exact) mass is 326 g/mol. The third kappa shape index (κ3) is 4.16. The van der Waals surface area contributed by atoms with Crippen molar-refractivity contribution >= 4 is 38.8 Å². The predicted molar refractivity (Wildman–Crippen MR) is 69.4 cm³/mol. The summed E-state index contributed by atoms with van der Waals surface area (Å²) in [5.41, 5.74) is 6.49. The third-order valence-corrected chi connectivity index (χ3v) is 2.95. The van der Waals surface area contributed by atoms with Gasteiger partial charge in [0.05, 0.1) is 0 Å². The van der Waals surface area contributed by atoms with Gasteiger partial charge in [-0.25, -0.2) is 0 Å². The van der Waals surface area contributed by atoms with Gasteiger partial charge in [0.2, 0.25) is 0 Å². The van der Waals surface area contributed by atoms with Crippen LogP contribution in [0.2, 0.25) is 0 Å². The van der Waals surface area contributed by atoms with Crippen LogP contribution in [0.5, 0.6) is 0 Å². The lowest BCUT2D eigenvalue weighted by Gasteiger charge is -2.21. The molecule has 1 rings (SSSR count). The molecule has 7 heteroatoms. The average Bonchev–Trinajstić information content (AvgIpc) is 2.14. The molecule has 1 aromatic carbocycles. The number of benzene rings is 1. The Bertz CT molecular complexity index is 434. The summed E-state index contributed by atoms with van der Waals surface area (Å²) in [5.74, 6) is 0. The molecule has 0 bridgehead atoms. The van der Waals surface area contributed by atoms with Gasteiger partial charge in [0.15, 0.2) is 0 Å². The molecule has 0 aliphatic rings. The first-order chi connectivity index (χ1) is 7.70. The Kier molecular flexibility index (Phi) is 4.37. The van der Waals surface area contributed by atoms with E-state index in [0.717, 1.165) is 4.90 Å². The zero-order chi connectivity index (χ0) is 13.2. The molecule has 0 fully saturated rings. The van der Waals surface area contributed by atoms with Gasteiger partial charge in [-0.2, -0.15) is 13.2 Å². The normalized spacial score (nSPS) is 11.4. The summed E-state index contributed by atoms with van der Waals surface area (Å²) in [4.78, 5) is 1.30. The molecule has 0 spiro atoms. The van der Waals surface area contributed by atoms with E-state index in [1.54, 1.807) is 18.2 Å². The molecule has 0 radical (unpaired) electrons. The Morgan fingerprint density at radius 1 is 1.47 bits per heavy atom. The fraction of sp³-hybridized carbons (Fsp3) is 0.300. The summed E-state index contributed by atoms with van der Waals surface area (Å²) in [7, 11) is 1.37. The van der Waals surface area contributed by atoms with Gasteiger partial charge in [-0.05, 0) is 34.1 Å². The molecule has 94 valence electrons. The van der Waals surface area contributed by atoms with E-state index in [4.69, 9.17) is 18.0 Å². The lowest BCUT2D eigenvalue weighted by molar-refractivity contribution is -0.119. The zero-order valence-electron chi connectivity index (χ0n) is 8.88. The summed E-state index contributed by atoms with van der Waals surface area (Å²) in [5, 5.41) is 0. The summed E-state index contributed by atoms with van der Waals surface area (Å²) >= 11 is 8.02. The van der Waals surface area contributed by atoms with E-state index in [1.165, 1.54) is 7.05 Å². The molecule has 0 aliphatic carbocycles. The van der Waals surface area contributed by atoms with Crippen molar-refractivity contribution in [1.29, 1.82) is 0 Å². The first-order valence-electron chi connectivity index (χ1n) is 4.58. The molecule has 2 nitrogen and oxygen atoms in total. The van der Waals surface area contributed by atoms with Crippen LogP contribution in [-0.2, 0) is 0 Å². The second-order valence-electron chi connectivity index (χ2n) is 3.50. The number of rotatable bonds is 3. The first-order valence-corrected chi connectivity index (χ1v) is 5.78. The quantitative estimate of drug-likeness (QED) is 0.865. The number of nitrogens with two attached hydrogens (primary N) is 1. The Balaban J connectivity index is 2.94. The zero-order valence-corrected chi connectivity index (χ0v) is 11.3. The molecule has 0 amide bonds. The summed E-state index contributed by atoms with van der Waals surface area (Å²) in [6, 6.07) is 4.69. The number of halogens is 4. The fourth-order valence-electron chi connectivity index (χ4n) is 1.30. The van der Waals surface area contributed by atoms with Crippen molar-refractivity contribution in [3.63, 3.8) is 0 Å². The van der Waals surface area contributed by atoms with Crippen molar-refractivity contribution < 1.29 is 13.2 Å². The van der Waals surface area contributed by atoms with Gasteiger partial charge < -0.3 is 10.6 Å². The highest BCUT2D eigenvalue weighted by Gasteiger charge is 2.29. The van der Waals surface area contributed by atoms with Crippen LogP contribution < -0.4 is 10.6 Å². The van der Waals surface area contributed by atoms with Gasteiger partial charge in [-0.15, -0.1) is 0 Å². The van der Waals surface area contributed by atoms with Crippen molar-refractivity contribution in [2.45, 2.75) is 6.18 Å². The van der Waals surface area contributed by atoms with E-state index in [2.05, 4.69) is 15.9 Å². The molecule has 0 saturated carbocycles. The van der Waals surface area contributed by atoms with Crippen molar-refractivity contribution in [3.05, 3.63) is 28.2 Å². The van der Waals surface area contributed by atoms with Crippen LogP contribution >= 0.6 is 28.1 Å². The molecule has 17 heavy (non-hydrogen) atoms. The van der Waals surface area contributed by atoms with E-state index in [-0.39, 0.29) is 4.99 Å². The minimum Gasteiger partial charge on any atom is -0.389 e. The molecule has 0 aromatic heterocycles. The lowest BCUT2D eigenvalue weighted by Crippen LogP contribution is -2.30. The Hall–Kier alpha value is -0.820. The van der Waals surface area contributed by atoms with E-state index < -0.39 is 12.7 Å². The van der Waals surface area contributed by atoms with Crippen LogP contribution in [0.3, 0.4) is 0 Å². The molecule has 1 aromatic rings. The van der Waals surface area contributed by atoms with E-state index in [1.807, 2.05) is 0 Å².